The fraction of sp³-hybridized carbons (Fsp3) is 0.250. The number of hydrogen-bond acceptors (Lipinski definition) is 4. The third kappa shape index (κ3) is 4.52. The molecule has 0 radical (unpaired) electrons. The van der Waals surface area contributed by atoms with Crippen molar-refractivity contribution in [3.8, 4) is 5.69 Å². The molecule has 0 atom stereocenters. The fourth-order valence-corrected chi connectivity index (χ4v) is 3.48. The third-order valence-electron chi connectivity index (χ3n) is 4.20. The fourth-order valence-electron chi connectivity index (χ4n) is 2.73. The summed E-state index contributed by atoms with van der Waals surface area (Å²) in [6, 6.07) is 16.3. The maximum absolute atomic E-state index is 12.1. The minimum Gasteiger partial charge on any atom is -0.355 e. The normalized spacial score (nSPS) is 10.7. The molecule has 6 heteroatoms. The highest BCUT2D eigenvalue weighted by atomic mass is 32.2. The summed E-state index contributed by atoms with van der Waals surface area (Å²) in [5.41, 5.74) is 4.68. The Balaban J connectivity index is 1.52. The van der Waals surface area contributed by atoms with Gasteiger partial charge in [0.15, 0.2) is 5.16 Å². The van der Waals surface area contributed by atoms with Crippen LogP contribution in [0.4, 0.5) is 0 Å². The van der Waals surface area contributed by atoms with Crippen molar-refractivity contribution >= 4 is 17.7 Å². The van der Waals surface area contributed by atoms with Crippen molar-refractivity contribution in [2.45, 2.75) is 25.4 Å². The number of carbonyl (C=O) groups excluding carboxylic acids is 1. The summed E-state index contributed by atoms with van der Waals surface area (Å²) in [5.74, 6) is 0.321. The lowest BCUT2D eigenvalue weighted by Gasteiger charge is -2.09. The molecular formula is C20H22N4OS. The van der Waals surface area contributed by atoms with Crippen LogP contribution in [0.1, 0.15) is 16.7 Å². The molecule has 5 nitrogen and oxygen atoms in total. The van der Waals surface area contributed by atoms with Crippen LogP contribution in [0.3, 0.4) is 0 Å². The van der Waals surface area contributed by atoms with Crippen LogP contribution in [0.2, 0.25) is 0 Å². The minimum absolute atomic E-state index is 0.00270. The highest BCUT2D eigenvalue weighted by Crippen LogP contribution is 2.21. The van der Waals surface area contributed by atoms with E-state index in [-0.39, 0.29) is 5.91 Å². The molecule has 0 bridgehead atoms. The zero-order valence-corrected chi connectivity index (χ0v) is 15.8. The van der Waals surface area contributed by atoms with Crippen LogP contribution in [-0.2, 0) is 11.2 Å². The first-order valence-corrected chi connectivity index (χ1v) is 9.54. The molecule has 2 aromatic carbocycles. The number of aryl methyl sites for hydroxylation is 2. The van der Waals surface area contributed by atoms with Crippen LogP contribution >= 0.6 is 11.8 Å². The van der Waals surface area contributed by atoms with E-state index in [1.165, 1.54) is 22.9 Å². The number of carbonyl (C=O) groups is 1. The Labute approximate surface area is 157 Å². The zero-order valence-electron chi connectivity index (χ0n) is 15.0. The van der Waals surface area contributed by atoms with E-state index in [9.17, 15) is 4.79 Å². The quantitative estimate of drug-likeness (QED) is 0.652. The summed E-state index contributed by atoms with van der Waals surface area (Å²) in [6.45, 7) is 4.77. The molecule has 0 aliphatic carbocycles. The summed E-state index contributed by atoms with van der Waals surface area (Å²) in [6.07, 6.45) is 2.52. The smallest absolute Gasteiger partial charge is 0.230 e. The van der Waals surface area contributed by atoms with Gasteiger partial charge < -0.3 is 5.32 Å². The van der Waals surface area contributed by atoms with Gasteiger partial charge in [0.1, 0.15) is 6.33 Å². The number of para-hydroxylation sites is 1. The average Bonchev–Trinajstić information content (AvgIpc) is 3.10. The molecule has 1 N–H and O–H groups in total. The Kier molecular flexibility index (Phi) is 6.07. The summed E-state index contributed by atoms with van der Waals surface area (Å²) >= 11 is 1.39. The number of hydrogen-bond donors (Lipinski definition) is 1. The first kappa shape index (κ1) is 18.2. The Morgan fingerprint density at radius 3 is 2.58 bits per heavy atom. The van der Waals surface area contributed by atoms with E-state index in [1.807, 2.05) is 47.9 Å². The zero-order chi connectivity index (χ0) is 18.4. The van der Waals surface area contributed by atoms with E-state index in [2.05, 4.69) is 34.6 Å². The molecule has 0 unspecified atom stereocenters. The van der Waals surface area contributed by atoms with Crippen molar-refractivity contribution < 1.29 is 4.79 Å². The van der Waals surface area contributed by atoms with Crippen LogP contribution in [0.15, 0.2) is 60.0 Å². The monoisotopic (exact) mass is 366 g/mol. The van der Waals surface area contributed by atoms with E-state index < -0.39 is 0 Å². The summed E-state index contributed by atoms with van der Waals surface area (Å²) in [7, 11) is 0. The topological polar surface area (TPSA) is 59.8 Å². The molecule has 0 saturated carbocycles. The molecular weight excluding hydrogens is 344 g/mol. The van der Waals surface area contributed by atoms with Gasteiger partial charge >= 0.3 is 0 Å². The van der Waals surface area contributed by atoms with Gasteiger partial charge in [0, 0.05) is 6.54 Å². The molecule has 0 aliphatic rings. The van der Waals surface area contributed by atoms with E-state index in [1.54, 1.807) is 6.33 Å². The van der Waals surface area contributed by atoms with Gasteiger partial charge in [0.05, 0.1) is 11.4 Å². The molecule has 1 amide bonds. The lowest BCUT2D eigenvalue weighted by Crippen LogP contribution is -2.27. The molecule has 0 fully saturated rings. The van der Waals surface area contributed by atoms with E-state index in [0.29, 0.717) is 17.5 Å². The second-order valence-corrected chi connectivity index (χ2v) is 7.03. The van der Waals surface area contributed by atoms with E-state index >= 15 is 0 Å². The molecule has 3 aromatic rings. The first-order valence-electron chi connectivity index (χ1n) is 8.55. The van der Waals surface area contributed by atoms with Gasteiger partial charge in [-0.2, -0.15) is 0 Å². The van der Waals surface area contributed by atoms with Crippen molar-refractivity contribution in [2.24, 2.45) is 0 Å². The van der Waals surface area contributed by atoms with Crippen LogP contribution < -0.4 is 5.32 Å². The maximum atomic E-state index is 12.1. The molecule has 0 aliphatic heterocycles. The van der Waals surface area contributed by atoms with Gasteiger partial charge in [0.2, 0.25) is 5.91 Å². The van der Waals surface area contributed by atoms with Gasteiger partial charge in [-0.1, -0.05) is 54.2 Å². The summed E-state index contributed by atoms with van der Waals surface area (Å²) in [4.78, 5) is 12.1. The summed E-state index contributed by atoms with van der Waals surface area (Å²) < 4.78 is 1.92. The van der Waals surface area contributed by atoms with Crippen LogP contribution in [-0.4, -0.2) is 33.0 Å². The second-order valence-electron chi connectivity index (χ2n) is 6.09. The number of aromatic nitrogens is 3. The molecule has 134 valence electrons. The van der Waals surface area contributed by atoms with Crippen molar-refractivity contribution in [2.75, 3.05) is 12.3 Å². The maximum Gasteiger partial charge on any atom is 0.230 e. The third-order valence-corrected chi connectivity index (χ3v) is 5.14. The number of thioether (sulfide) groups is 1. The molecule has 1 aromatic heterocycles. The predicted molar refractivity (Wildman–Crippen MR) is 105 cm³/mol. The first-order chi connectivity index (χ1) is 12.6. The van der Waals surface area contributed by atoms with Crippen molar-refractivity contribution in [3.05, 3.63) is 71.5 Å². The Morgan fingerprint density at radius 1 is 1.08 bits per heavy atom. The van der Waals surface area contributed by atoms with Crippen molar-refractivity contribution in [3.63, 3.8) is 0 Å². The highest BCUT2D eigenvalue weighted by Gasteiger charge is 2.11. The van der Waals surface area contributed by atoms with Crippen LogP contribution in [0.5, 0.6) is 0 Å². The molecule has 3 rings (SSSR count). The molecule has 0 spiro atoms. The van der Waals surface area contributed by atoms with Gasteiger partial charge in [-0.25, -0.2) is 0 Å². The largest absolute Gasteiger partial charge is 0.355 e. The standard InChI is InChI=1S/C20H22N4OS/c1-15-7-3-5-9-17(15)11-12-21-19(25)13-26-20-23-22-14-24(20)18-10-6-4-8-16(18)2/h3-10,14H,11-13H2,1-2H3,(H,21,25). The highest BCUT2D eigenvalue weighted by molar-refractivity contribution is 7.99. The summed E-state index contributed by atoms with van der Waals surface area (Å²) in [5, 5.41) is 11.8. The minimum atomic E-state index is 0.00270. The SMILES string of the molecule is Cc1ccccc1CCNC(=O)CSc1nncn1-c1ccccc1C. The number of nitrogens with one attached hydrogen (secondary N) is 1. The predicted octanol–water partition coefficient (Wildman–Crippen LogP) is 3.34. The molecule has 0 saturated heterocycles. The lowest BCUT2D eigenvalue weighted by molar-refractivity contribution is -0.118. The van der Waals surface area contributed by atoms with Crippen LogP contribution in [0, 0.1) is 13.8 Å². The van der Waals surface area contributed by atoms with Crippen LogP contribution in [0.25, 0.3) is 5.69 Å². The number of nitrogens with zero attached hydrogens (tertiary/aromatic N) is 3. The second kappa shape index (κ2) is 8.67. The van der Waals surface area contributed by atoms with E-state index in [0.717, 1.165) is 17.7 Å². The molecule has 1 heterocycles. The number of rotatable bonds is 7. The van der Waals surface area contributed by atoms with Gasteiger partial charge in [-0.3, -0.25) is 9.36 Å². The lowest BCUT2D eigenvalue weighted by atomic mass is 10.1. The number of benzene rings is 2. The average molecular weight is 366 g/mol. The number of amides is 1. The Morgan fingerprint density at radius 2 is 1.81 bits per heavy atom. The Bertz CT molecular complexity index is 891. The van der Waals surface area contributed by atoms with Gasteiger partial charge in [0.25, 0.3) is 0 Å². The van der Waals surface area contributed by atoms with Gasteiger partial charge in [-0.05, 0) is 43.0 Å². The Hall–Kier alpha value is -2.60. The molecule has 26 heavy (non-hydrogen) atoms. The van der Waals surface area contributed by atoms with Crippen molar-refractivity contribution in [1.82, 2.24) is 20.1 Å². The van der Waals surface area contributed by atoms with Crippen molar-refractivity contribution in [1.29, 1.82) is 0 Å². The van der Waals surface area contributed by atoms with Gasteiger partial charge in [-0.15, -0.1) is 10.2 Å². The van der Waals surface area contributed by atoms with E-state index in [4.69, 9.17) is 0 Å².